The van der Waals surface area contributed by atoms with Gasteiger partial charge in [0.2, 0.25) is 0 Å². The average molecular weight is 354 g/mol. The summed E-state index contributed by atoms with van der Waals surface area (Å²) < 4.78 is 0.971. The Balaban J connectivity index is 2.21. The molecule has 0 heterocycles. The Morgan fingerprint density at radius 1 is 1.25 bits per heavy atom. The Morgan fingerprint density at radius 3 is 2.65 bits per heavy atom. The van der Waals surface area contributed by atoms with Crippen LogP contribution < -0.4 is 5.73 Å². The van der Waals surface area contributed by atoms with Gasteiger partial charge in [0.15, 0.2) is 0 Å². The standard InChI is InChI=1S/C15H14BrClN2O/c1-19(9-10-5-2-3-7-12(10)16)15(20)11-6-4-8-13(18)14(11)17/h2-8H,9,18H2,1H3. The largest absolute Gasteiger partial charge is 0.398 e. The Labute approximate surface area is 131 Å². The molecule has 0 bridgehead atoms. The molecule has 2 rings (SSSR count). The van der Waals surface area contributed by atoms with Gasteiger partial charge in [0, 0.05) is 18.1 Å². The first kappa shape index (κ1) is 14.9. The van der Waals surface area contributed by atoms with Crippen LogP contribution in [0.25, 0.3) is 0 Å². The molecule has 0 fully saturated rings. The lowest BCUT2D eigenvalue weighted by Gasteiger charge is -2.19. The molecule has 104 valence electrons. The van der Waals surface area contributed by atoms with Crippen molar-refractivity contribution in [2.24, 2.45) is 0 Å². The number of halogens is 2. The first-order valence-corrected chi connectivity index (χ1v) is 7.20. The summed E-state index contributed by atoms with van der Waals surface area (Å²) in [7, 11) is 1.74. The maximum Gasteiger partial charge on any atom is 0.255 e. The van der Waals surface area contributed by atoms with E-state index in [1.54, 1.807) is 30.1 Å². The first-order chi connectivity index (χ1) is 9.50. The van der Waals surface area contributed by atoms with Gasteiger partial charge in [-0.1, -0.05) is 51.8 Å². The number of nitrogen functional groups attached to an aromatic ring is 1. The fraction of sp³-hybridized carbons (Fsp3) is 0.133. The Morgan fingerprint density at radius 2 is 1.95 bits per heavy atom. The van der Waals surface area contributed by atoms with Crippen molar-refractivity contribution in [2.45, 2.75) is 6.54 Å². The van der Waals surface area contributed by atoms with Gasteiger partial charge in [0.25, 0.3) is 5.91 Å². The van der Waals surface area contributed by atoms with Crippen molar-refractivity contribution in [1.29, 1.82) is 0 Å². The number of benzene rings is 2. The number of amides is 1. The van der Waals surface area contributed by atoms with Gasteiger partial charge < -0.3 is 10.6 Å². The van der Waals surface area contributed by atoms with Gasteiger partial charge in [0.05, 0.1) is 16.3 Å². The molecule has 0 aliphatic carbocycles. The normalized spacial score (nSPS) is 10.3. The van der Waals surface area contributed by atoms with Crippen LogP contribution in [0.15, 0.2) is 46.9 Å². The summed E-state index contributed by atoms with van der Waals surface area (Å²) in [6.45, 7) is 0.491. The zero-order valence-corrected chi connectivity index (χ0v) is 13.3. The summed E-state index contributed by atoms with van der Waals surface area (Å²) in [5, 5.41) is 0.302. The molecule has 0 radical (unpaired) electrons. The molecule has 2 aromatic carbocycles. The molecule has 0 atom stereocenters. The maximum atomic E-state index is 12.4. The van der Waals surface area contributed by atoms with Crippen LogP contribution in [0.4, 0.5) is 5.69 Å². The second-order valence-corrected chi connectivity index (χ2v) is 5.69. The van der Waals surface area contributed by atoms with Crippen LogP contribution in [0.2, 0.25) is 5.02 Å². The number of nitrogens with two attached hydrogens (primary N) is 1. The molecule has 0 unspecified atom stereocenters. The third-order valence-corrected chi connectivity index (χ3v) is 4.17. The van der Waals surface area contributed by atoms with Gasteiger partial charge in [0.1, 0.15) is 0 Å². The minimum absolute atomic E-state index is 0.155. The van der Waals surface area contributed by atoms with Crippen molar-refractivity contribution in [2.75, 3.05) is 12.8 Å². The van der Waals surface area contributed by atoms with E-state index >= 15 is 0 Å². The molecule has 0 aliphatic heterocycles. The average Bonchev–Trinajstić information content (AvgIpc) is 2.43. The summed E-state index contributed by atoms with van der Waals surface area (Å²) >= 11 is 9.56. The lowest BCUT2D eigenvalue weighted by atomic mass is 10.1. The molecule has 1 amide bonds. The molecule has 3 nitrogen and oxygen atoms in total. The Hall–Kier alpha value is -1.52. The topological polar surface area (TPSA) is 46.3 Å². The van der Waals surface area contributed by atoms with E-state index in [9.17, 15) is 4.79 Å². The maximum absolute atomic E-state index is 12.4. The van der Waals surface area contributed by atoms with E-state index in [1.165, 1.54) is 0 Å². The van der Waals surface area contributed by atoms with E-state index in [4.69, 9.17) is 17.3 Å². The summed E-state index contributed by atoms with van der Waals surface area (Å²) in [6.07, 6.45) is 0. The fourth-order valence-corrected chi connectivity index (χ4v) is 2.49. The highest BCUT2D eigenvalue weighted by Crippen LogP contribution is 2.25. The Bertz CT molecular complexity index is 646. The van der Waals surface area contributed by atoms with Crippen LogP contribution in [0.1, 0.15) is 15.9 Å². The van der Waals surface area contributed by atoms with Crippen LogP contribution in [0.5, 0.6) is 0 Å². The van der Waals surface area contributed by atoms with Crippen molar-refractivity contribution in [1.82, 2.24) is 4.90 Å². The number of rotatable bonds is 3. The summed E-state index contributed by atoms with van der Waals surface area (Å²) in [4.78, 5) is 14.0. The number of anilines is 1. The van der Waals surface area contributed by atoms with E-state index in [2.05, 4.69) is 15.9 Å². The molecule has 0 spiro atoms. The van der Waals surface area contributed by atoms with Crippen molar-refractivity contribution in [3.05, 3.63) is 63.1 Å². The Kier molecular flexibility index (Phi) is 4.68. The van der Waals surface area contributed by atoms with Crippen molar-refractivity contribution in [3.63, 3.8) is 0 Å². The van der Waals surface area contributed by atoms with Crippen LogP contribution >= 0.6 is 27.5 Å². The molecule has 20 heavy (non-hydrogen) atoms. The third-order valence-electron chi connectivity index (χ3n) is 2.97. The van der Waals surface area contributed by atoms with Gasteiger partial charge in [-0.25, -0.2) is 0 Å². The van der Waals surface area contributed by atoms with Crippen LogP contribution in [-0.4, -0.2) is 17.9 Å². The molecule has 2 aromatic rings. The fourth-order valence-electron chi connectivity index (χ4n) is 1.87. The number of hydrogen-bond donors (Lipinski definition) is 1. The molecule has 2 N–H and O–H groups in total. The predicted molar refractivity (Wildman–Crippen MR) is 85.8 cm³/mol. The zero-order chi connectivity index (χ0) is 14.7. The second kappa shape index (κ2) is 6.29. The van der Waals surface area contributed by atoms with Gasteiger partial charge in [-0.05, 0) is 23.8 Å². The van der Waals surface area contributed by atoms with Crippen LogP contribution in [0.3, 0.4) is 0 Å². The first-order valence-electron chi connectivity index (χ1n) is 6.03. The van der Waals surface area contributed by atoms with Gasteiger partial charge in [-0.2, -0.15) is 0 Å². The molecular formula is C15H14BrClN2O. The molecule has 5 heteroatoms. The monoisotopic (exact) mass is 352 g/mol. The number of nitrogens with zero attached hydrogens (tertiary/aromatic N) is 1. The highest BCUT2D eigenvalue weighted by molar-refractivity contribution is 9.10. The quantitative estimate of drug-likeness (QED) is 0.849. The second-order valence-electron chi connectivity index (χ2n) is 4.46. The summed E-state index contributed by atoms with van der Waals surface area (Å²) in [5.74, 6) is -0.155. The molecule has 0 aromatic heterocycles. The number of carbonyl (C=O) groups is 1. The summed E-state index contributed by atoms with van der Waals surface area (Å²) in [5.41, 5.74) is 7.58. The third kappa shape index (κ3) is 3.14. The van der Waals surface area contributed by atoms with Gasteiger partial charge >= 0.3 is 0 Å². The minimum Gasteiger partial charge on any atom is -0.398 e. The lowest BCUT2D eigenvalue weighted by Crippen LogP contribution is -2.26. The SMILES string of the molecule is CN(Cc1ccccc1Br)C(=O)c1cccc(N)c1Cl. The summed E-state index contributed by atoms with van der Waals surface area (Å²) in [6, 6.07) is 12.9. The van der Waals surface area contributed by atoms with Gasteiger partial charge in [-0.3, -0.25) is 4.79 Å². The number of carbonyl (C=O) groups excluding carboxylic acids is 1. The zero-order valence-electron chi connectivity index (χ0n) is 10.9. The van der Waals surface area contributed by atoms with Crippen LogP contribution in [0, 0.1) is 0 Å². The molecule has 0 aliphatic rings. The molecule has 0 saturated heterocycles. The van der Waals surface area contributed by atoms with Gasteiger partial charge in [-0.15, -0.1) is 0 Å². The van der Waals surface area contributed by atoms with E-state index in [1.807, 2.05) is 24.3 Å². The van der Waals surface area contributed by atoms with Crippen molar-refractivity contribution < 1.29 is 4.79 Å². The van der Waals surface area contributed by atoms with E-state index in [-0.39, 0.29) is 5.91 Å². The molecule has 0 saturated carbocycles. The van der Waals surface area contributed by atoms with Crippen LogP contribution in [-0.2, 0) is 6.54 Å². The predicted octanol–water partition coefficient (Wildman–Crippen LogP) is 3.96. The molecular weight excluding hydrogens is 340 g/mol. The van der Waals surface area contributed by atoms with E-state index < -0.39 is 0 Å². The highest BCUT2D eigenvalue weighted by Gasteiger charge is 2.17. The van der Waals surface area contributed by atoms with Crippen molar-refractivity contribution >= 4 is 39.1 Å². The smallest absolute Gasteiger partial charge is 0.255 e. The lowest BCUT2D eigenvalue weighted by molar-refractivity contribution is 0.0785. The van der Waals surface area contributed by atoms with E-state index in [0.717, 1.165) is 10.0 Å². The highest BCUT2D eigenvalue weighted by atomic mass is 79.9. The number of hydrogen-bond acceptors (Lipinski definition) is 2. The van der Waals surface area contributed by atoms with E-state index in [0.29, 0.717) is 22.8 Å². The minimum atomic E-state index is -0.155. The van der Waals surface area contributed by atoms with Crippen molar-refractivity contribution in [3.8, 4) is 0 Å².